The Bertz CT molecular complexity index is 810. The Morgan fingerprint density at radius 2 is 2.12 bits per heavy atom. The van der Waals surface area contributed by atoms with Gasteiger partial charge < -0.3 is 5.32 Å². The molecule has 5 nitrogen and oxygen atoms in total. The van der Waals surface area contributed by atoms with E-state index in [0.29, 0.717) is 6.54 Å². The lowest BCUT2D eigenvalue weighted by Crippen LogP contribution is -2.40. The van der Waals surface area contributed by atoms with Crippen LogP contribution in [0.3, 0.4) is 0 Å². The fourth-order valence-corrected chi connectivity index (χ4v) is 5.06. The van der Waals surface area contributed by atoms with Crippen LogP contribution in [-0.2, 0) is 21.4 Å². The molecule has 0 saturated carbocycles. The SMILES string of the molecule is CCN(CC(=O)NCc1cccs1)S(=O)(=O)c1ccc(F)cc1Br. The maximum absolute atomic E-state index is 13.2. The quantitative estimate of drug-likeness (QED) is 0.728. The molecule has 1 aromatic heterocycles. The van der Waals surface area contributed by atoms with Crippen LogP contribution >= 0.6 is 27.3 Å². The lowest BCUT2D eigenvalue weighted by Gasteiger charge is -2.20. The summed E-state index contributed by atoms with van der Waals surface area (Å²) in [6.07, 6.45) is 0. The number of carbonyl (C=O) groups is 1. The Morgan fingerprint density at radius 1 is 1.38 bits per heavy atom. The van der Waals surface area contributed by atoms with Gasteiger partial charge in [-0.05, 0) is 45.6 Å². The molecule has 0 aliphatic rings. The van der Waals surface area contributed by atoms with Gasteiger partial charge in [-0.2, -0.15) is 4.31 Å². The molecule has 9 heteroatoms. The van der Waals surface area contributed by atoms with Gasteiger partial charge in [-0.15, -0.1) is 11.3 Å². The van der Waals surface area contributed by atoms with Crippen LogP contribution in [0.4, 0.5) is 4.39 Å². The first-order valence-electron chi connectivity index (χ1n) is 7.09. The van der Waals surface area contributed by atoms with E-state index in [4.69, 9.17) is 0 Å². The van der Waals surface area contributed by atoms with Crippen molar-refractivity contribution in [3.63, 3.8) is 0 Å². The Balaban J connectivity index is 2.10. The molecule has 1 aromatic carbocycles. The molecule has 2 rings (SSSR count). The van der Waals surface area contributed by atoms with E-state index >= 15 is 0 Å². The van der Waals surface area contributed by atoms with Crippen LogP contribution in [0.2, 0.25) is 0 Å². The highest BCUT2D eigenvalue weighted by Crippen LogP contribution is 2.25. The fourth-order valence-electron chi connectivity index (χ4n) is 2.01. The van der Waals surface area contributed by atoms with Crippen LogP contribution in [0, 0.1) is 5.82 Å². The molecule has 0 unspecified atom stereocenters. The van der Waals surface area contributed by atoms with E-state index in [1.54, 1.807) is 6.92 Å². The molecule has 0 atom stereocenters. The van der Waals surface area contributed by atoms with E-state index in [2.05, 4.69) is 21.2 Å². The van der Waals surface area contributed by atoms with Crippen molar-refractivity contribution in [2.45, 2.75) is 18.4 Å². The number of nitrogens with one attached hydrogen (secondary N) is 1. The molecule has 0 aliphatic carbocycles. The summed E-state index contributed by atoms with van der Waals surface area (Å²) in [7, 11) is -3.90. The zero-order valence-electron chi connectivity index (χ0n) is 12.8. The number of hydrogen-bond acceptors (Lipinski definition) is 4. The molecule has 1 amide bonds. The number of nitrogens with zero attached hydrogens (tertiary/aromatic N) is 1. The number of likely N-dealkylation sites (N-methyl/N-ethyl adjacent to an activating group) is 1. The molecule has 2 aromatic rings. The lowest BCUT2D eigenvalue weighted by molar-refractivity contribution is -0.121. The number of halogens is 2. The molecule has 1 N–H and O–H groups in total. The highest BCUT2D eigenvalue weighted by molar-refractivity contribution is 9.10. The standard InChI is InChI=1S/C15H16BrFN2O3S2/c1-2-19(10-15(20)18-9-12-4-3-7-23-12)24(21,22)14-6-5-11(17)8-13(14)16/h3-8H,2,9-10H2,1H3,(H,18,20). The summed E-state index contributed by atoms with van der Waals surface area (Å²) in [6.45, 7) is 1.82. The van der Waals surface area contributed by atoms with Gasteiger partial charge >= 0.3 is 0 Å². The minimum Gasteiger partial charge on any atom is -0.350 e. The summed E-state index contributed by atoms with van der Waals surface area (Å²) in [5, 5.41) is 4.59. The van der Waals surface area contributed by atoms with Crippen molar-refractivity contribution in [3.8, 4) is 0 Å². The van der Waals surface area contributed by atoms with E-state index in [9.17, 15) is 17.6 Å². The number of rotatable bonds is 7. The van der Waals surface area contributed by atoms with Gasteiger partial charge in [0.1, 0.15) is 5.82 Å². The highest BCUT2D eigenvalue weighted by atomic mass is 79.9. The van der Waals surface area contributed by atoms with Crippen molar-refractivity contribution >= 4 is 43.2 Å². The second-order valence-corrected chi connectivity index (χ2v) is 8.65. The van der Waals surface area contributed by atoms with Gasteiger partial charge in [0.25, 0.3) is 0 Å². The van der Waals surface area contributed by atoms with E-state index in [1.165, 1.54) is 17.4 Å². The van der Waals surface area contributed by atoms with Crippen LogP contribution in [0.1, 0.15) is 11.8 Å². The molecular weight excluding hydrogens is 419 g/mol. The van der Waals surface area contributed by atoms with E-state index < -0.39 is 21.7 Å². The Kier molecular flexibility index (Phi) is 6.50. The van der Waals surface area contributed by atoms with Gasteiger partial charge in [0.15, 0.2) is 0 Å². The van der Waals surface area contributed by atoms with E-state index in [-0.39, 0.29) is 22.5 Å². The maximum atomic E-state index is 13.2. The molecule has 130 valence electrons. The Hall–Kier alpha value is -1.29. The smallest absolute Gasteiger partial charge is 0.244 e. The molecule has 0 fully saturated rings. The first-order valence-corrected chi connectivity index (χ1v) is 10.2. The average molecular weight is 435 g/mol. The van der Waals surface area contributed by atoms with Gasteiger partial charge in [0, 0.05) is 15.9 Å². The molecule has 0 saturated heterocycles. The van der Waals surface area contributed by atoms with E-state index in [1.807, 2.05) is 17.5 Å². The first-order chi connectivity index (χ1) is 11.3. The van der Waals surface area contributed by atoms with Crippen molar-refractivity contribution in [2.75, 3.05) is 13.1 Å². The number of thiophene rings is 1. The molecular formula is C15H16BrFN2O3S2. The minimum atomic E-state index is -3.90. The molecule has 0 bridgehead atoms. The molecule has 0 spiro atoms. The van der Waals surface area contributed by atoms with Crippen molar-refractivity contribution in [3.05, 3.63) is 50.9 Å². The first kappa shape index (κ1) is 19.0. The monoisotopic (exact) mass is 434 g/mol. The highest BCUT2D eigenvalue weighted by Gasteiger charge is 2.27. The predicted octanol–water partition coefficient (Wildman–Crippen LogP) is 2.98. The van der Waals surface area contributed by atoms with Gasteiger partial charge in [0.2, 0.25) is 15.9 Å². The normalized spacial score (nSPS) is 11.7. The van der Waals surface area contributed by atoms with Crippen molar-refractivity contribution < 1.29 is 17.6 Å². The van der Waals surface area contributed by atoms with Crippen LogP contribution in [0.15, 0.2) is 45.1 Å². The third-order valence-electron chi connectivity index (χ3n) is 3.22. The summed E-state index contributed by atoms with van der Waals surface area (Å²) < 4.78 is 39.7. The summed E-state index contributed by atoms with van der Waals surface area (Å²) >= 11 is 4.57. The van der Waals surface area contributed by atoms with Gasteiger partial charge in [-0.3, -0.25) is 4.79 Å². The van der Waals surface area contributed by atoms with Crippen molar-refractivity contribution in [1.29, 1.82) is 0 Å². The van der Waals surface area contributed by atoms with Gasteiger partial charge in [-0.1, -0.05) is 13.0 Å². The minimum absolute atomic E-state index is 0.0724. The summed E-state index contributed by atoms with van der Waals surface area (Å²) in [5.41, 5.74) is 0. The zero-order chi connectivity index (χ0) is 17.7. The number of hydrogen-bond donors (Lipinski definition) is 1. The summed E-state index contributed by atoms with van der Waals surface area (Å²) in [4.78, 5) is 12.9. The van der Waals surface area contributed by atoms with Crippen LogP contribution < -0.4 is 5.32 Å². The third-order valence-corrected chi connectivity index (χ3v) is 7.00. The van der Waals surface area contributed by atoms with Crippen LogP contribution in [0.5, 0.6) is 0 Å². The summed E-state index contributed by atoms with van der Waals surface area (Å²) in [6, 6.07) is 7.09. The fraction of sp³-hybridized carbons (Fsp3) is 0.267. The van der Waals surface area contributed by atoms with E-state index in [0.717, 1.165) is 21.3 Å². The Morgan fingerprint density at radius 3 is 2.71 bits per heavy atom. The van der Waals surface area contributed by atoms with Crippen molar-refractivity contribution in [2.24, 2.45) is 0 Å². The number of sulfonamides is 1. The molecule has 24 heavy (non-hydrogen) atoms. The van der Waals surface area contributed by atoms with Gasteiger partial charge in [-0.25, -0.2) is 12.8 Å². The molecule has 0 radical (unpaired) electrons. The number of amides is 1. The van der Waals surface area contributed by atoms with Gasteiger partial charge in [0.05, 0.1) is 18.0 Å². The number of benzene rings is 1. The third kappa shape index (κ3) is 4.62. The van der Waals surface area contributed by atoms with Crippen LogP contribution in [0.25, 0.3) is 0 Å². The largest absolute Gasteiger partial charge is 0.350 e. The molecule has 0 aliphatic heterocycles. The average Bonchev–Trinajstić information content (AvgIpc) is 3.03. The second kappa shape index (κ2) is 8.19. The predicted molar refractivity (Wildman–Crippen MR) is 94.7 cm³/mol. The second-order valence-electron chi connectivity index (χ2n) is 4.86. The van der Waals surface area contributed by atoms with Crippen molar-refractivity contribution in [1.82, 2.24) is 9.62 Å². The lowest BCUT2D eigenvalue weighted by atomic mass is 10.3. The van der Waals surface area contributed by atoms with Crippen LogP contribution in [-0.4, -0.2) is 31.7 Å². The topological polar surface area (TPSA) is 66.5 Å². The zero-order valence-corrected chi connectivity index (χ0v) is 16.0. The Labute approximate surface area is 152 Å². The number of carbonyl (C=O) groups excluding carboxylic acids is 1. The maximum Gasteiger partial charge on any atom is 0.244 e. The summed E-state index contributed by atoms with van der Waals surface area (Å²) in [5.74, 6) is -0.940. The molecule has 1 heterocycles.